The Morgan fingerprint density at radius 2 is 0.722 bits per heavy atom. The normalized spacial score (nSPS) is 18.6. The molecule has 0 unspecified atom stereocenters. The van der Waals surface area contributed by atoms with Crippen molar-refractivity contribution in [1.82, 2.24) is 58.1 Å². The summed E-state index contributed by atoms with van der Waals surface area (Å²) in [4.78, 5) is 196. The van der Waals surface area contributed by atoms with Crippen LogP contribution in [0.1, 0.15) is 154 Å². The summed E-state index contributed by atoms with van der Waals surface area (Å²) in [7, 11) is 0. The van der Waals surface area contributed by atoms with E-state index in [-0.39, 0.29) is 223 Å². The van der Waals surface area contributed by atoms with Crippen molar-refractivity contribution in [3.63, 3.8) is 0 Å². The van der Waals surface area contributed by atoms with Crippen LogP contribution in [0.2, 0.25) is 0 Å². The fraction of sp³-hybridized carbons (Fsp3) is 0.714. The lowest BCUT2D eigenvalue weighted by atomic mass is 10.0. The van der Waals surface area contributed by atoms with Gasteiger partial charge >= 0.3 is 0 Å². The van der Waals surface area contributed by atoms with Gasteiger partial charge in [-0.3, -0.25) is 87.5 Å². The molecule has 1 fully saturated rings. The lowest BCUT2D eigenvalue weighted by Crippen LogP contribution is -2.60. The minimum atomic E-state index is -1.51. The van der Waals surface area contributed by atoms with Gasteiger partial charge in [0.05, 0.1) is 6.54 Å². The van der Waals surface area contributed by atoms with Gasteiger partial charge < -0.3 is 144 Å². The molecule has 612 valence electrons. The average molecular weight is 1550 g/mol. The molecule has 45 heteroatoms. The topological polar surface area (TPSA) is 793 Å². The molecule has 0 aromatic rings. The summed E-state index contributed by atoms with van der Waals surface area (Å²) in [6, 6.07) is -12.5. The first-order chi connectivity index (χ1) is 51.3. The van der Waals surface area contributed by atoms with Gasteiger partial charge in [0.15, 0.2) is 35.8 Å². The Labute approximate surface area is 634 Å². The summed E-state index contributed by atoms with van der Waals surface area (Å²) >= 11 is 4.10. The number of carbonyl (C=O) groups is 12. The molecule has 1 rings (SSSR count). The highest BCUT2D eigenvalue weighted by Gasteiger charge is 2.36. The van der Waals surface area contributed by atoms with Crippen molar-refractivity contribution in [2.75, 3.05) is 77.7 Å². The monoisotopic (exact) mass is 1550 g/mol. The zero-order chi connectivity index (χ0) is 80.9. The Morgan fingerprint density at radius 1 is 0.398 bits per heavy atom. The molecule has 12 amide bonds. The van der Waals surface area contributed by atoms with Gasteiger partial charge in [-0.25, -0.2) is 0 Å². The molecule has 0 bridgehead atoms. The van der Waals surface area contributed by atoms with E-state index in [2.05, 4.69) is 95.8 Å². The Kier molecular flexibility index (Phi) is 49.5. The van der Waals surface area contributed by atoms with Gasteiger partial charge in [-0.2, -0.15) is 12.6 Å². The lowest BCUT2D eigenvalue weighted by molar-refractivity contribution is -0.141. The molecule has 1 saturated heterocycles. The molecule has 9 atom stereocenters. The van der Waals surface area contributed by atoms with Crippen LogP contribution in [-0.2, 0) is 57.5 Å². The minimum absolute atomic E-state index is 0.00120. The average Bonchev–Trinajstić information content (AvgIpc) is 0.866. The second-order valence-corrected chi connectivity index (χ2v) is 25.9. The van der Waals surface area contributed by atoms with Crippen molar-refractivity contribution >= 4 is 119 Å². The predicted octanol–water partition coefficient (Wildman–Crippen LogP) is -10.4. The highest BCUT2D eigenvalue weighted by atomic mass is 32.1. The molecule has 1 heterocycles. The Hall–Kier alpha value is -10.5. The van der Waals surface area contributed by atoms with Gasteiger partial charge in [-0.05, 0) is 142 Å². The van der Waals surface area contributed by atoms with E-state index in [0.717, 1.165) is 4.90 Å². The maximum Gasteiger partial charge on any atom is 0.245 e. The van der Waals surface area contributed by atoms with E-state index in [4.69, 9.17) is 86.0 Å². The third-order valence-corrected chi connectivity index (χ3v) is 16.8. The zero-order valence-electron chi connectivity index (χ0n) is 61.8. The number of amides is 12. The number of nitrogens with one attached hydrogen (secondary N) is 10. The second-order valence-electron chi connectivity index (χ2n) is 25.5. The van der Waals surface area contributed by atoms with Crippen molar-refractivity contribution in [3.05, 3.63) is 0 Å². The summed E-state index contributed by atoms with van der Waals surface area (Å²) < 4.78 is 0. The van der Waals surface area contributed by atoms with Crippen molar-refractivity contribution in [2.24, 2.45) is 116 Å². The van der Waals surface area contributed by atoms with E-state index in [1.807, 2.05) is 0 Å². The van der Waals surface area contributed by atoms with E-state index in [9.17, 15) is 47.9 Å². The van der Waals surface area contributed by atoms with Crippen LogP contribution in [0.4, 0.5) is 0 Å². The first-order valence-electron chi connectivity index (χ1n) is 36.2. The summed E-state index contributed by atoms with van der Waals surface area (Å²) in [6.07, 6.45) is 2.05. The molecule has 1 aliphatic rings. The van der Waals surface area contributed by atoms with Crippen LogP contribution in [0.3, 0.4) is 0 Å². The van der Waals surface area contributed by atoms with Crippen LogP contribution in [-0.4, -0.2) is 244 Å². The molecule has 44 nitrogen and oxygen atoms in total. The number of hydrogen-bond acceptors (Lipinski definition) is 21. The molecule has 0 spiro atoms. The molecule has 0 aliphatic carbocycles. The van der Waals surface area contributed by atoms with Crippen molar-refractivity contribution in [2.45, 2.75) is 208 Å². The number of thiol groups is 1. The van der Waals surface area contributed by atoms with Crippen LogP contribution in [0.15, 0.2) is 30.0 Å². The van der Waals surface area contributed by atoms with Gasteiger partial charge in [-0.1, -0.05) is 12.8 Å². The molecule has 40 N–H and O–H groups in total. The number of unbranched alkanes of at least 4 members (excludes halogenated alkanes) is 2. The summed E-state index contributed by atoms with van der Waals surface area (Å²) in [5.41, 5.74) is 84.3. The first kappa shape index (κ1) is 95.5. The van der Waals surface area contributed by atoms with E-state index in [1.165, 1.54) is 0 Å². The Morgan fingerprint density at radius 3 is 1.09 bits per heavy atom. The number of primary amides is 1. The van der Waals surface area contributed by atoms with Gasteiger partial charge in [0.2, 0.25) is 70.9 Å². The maximum absolute atomic E-state index is 15.4. The molecule has 0 saturated carbocycles. The molecule has 0 radical (unpaired) electrons. The van der Waals surface area contributed by atoms with E-state index in [0.29, 0.717) is 38.5 Å². The molecule has 108 heavy (non-hydrogen) atoms. The van der Waals surface area contributed by atoms with Crippen molar-refractivity contribution in [1.29, 1.82) is 0 Å². The number of guanidine groups is 6. The van der Waals surface area contributed by atoms with Gasteiger partial charge in [0, 0.05) is 71.0 Å². The lowest BCUT2D eigenvalue weighted by Gasteiger charge is -2.30. The quantitative estimate of drug-likeness (QED) is 0.0117. The zero-order valence-corrected chi connectivity index (χ0v) is 62.7. The van der Waals surface area contributed by atoms with E-state index >= 15 is 9.59 Å². The summed E-state index contributed by atoms with van der Waals surface area (Å²) in [6.45, 7) is -0.401. The van der Waals surface area contributed by atoms with Crippen LogP contribution in [0.25, 0.3) is 0 Å². The second kappa shape index (κ2) is 55.9. The van der Waals surface area contributed by atoms with Crippen LogP contribution < -0.4 is 139 Å². The van der Waals surface area contributed by atoms with Gasteiger partial charge in [-0.15, -0.1) is 0 Å². The van der Waals surface area contributed by atoms with Crippen LogP contribution in [0.5, 0.6) is 0 Å². The summed E-state index contributed by atoms with van der Waals surface area (Å²) in [5, 5.41) is 26.8. The SMILES string of the molecule is NCCCC[C@@H]1NC(=O)[C@H](CCCN=C(N)N)NC(=O)CCC(=O)NCCCCCCN(CC(=O)N[C@@H](CCCN=C(N)N)C(=O)N[C@@H](CCCN=C(N)N)C(=O)N[C@@H](CCCN=C(N)N)C(=O)N[C@@H](CS)C(N)=O)C(=O)[C@H](CCCN=C(N)N)NC(=O)[C@H](CCCN=C(N)N)NC(=O)[C@H](CCCCN)NC1=O. The number of nitrogens with two attached hydrogens (primary N) is 15. The maximum atomic E-state index is 15.4. The number of hydrogen-bond donors (Lipinski definition) is 26. The molecular formula is C63H122N32O12S. The molecule has 0 aromatic carbocycles. The van der Waals surface area contributed by atoms with E-state index in [1.54, 1.807) is 0 Å². The highest BCUT2D eigenvalue weighted by Crippen LogP contribution is 2.14. The minimum Gasteiger partial charge on any atom is -0.370 e. The summed E-state index contributed by atoms with van der Waals surface area (Å²) in [5.74, 6) is -11.6. The molecule has 1 aliphatic heterocycles. The number of rotatable bonds is 43. The number of nitrogens with zero attached hydrogens (tertiary/aromatic N) is 7. The standard InChI is InChI=1S/C63H122N32O12S/c64-25-5-3-15-39-52(102)89-40(16-4-6-26-65)53(103)91-42(20-12-31-83-61(73)74)55(105)93-44(22-14-33-85-63(77)78)57(107)95(34-8-2-1-7-27-79-46(96)23-24-47(97)86-37(50(100)88-39)17-9-28-80-58(67)68)35-48(98)87-38(18-10-29-81-59(69)70)51(101)90-41(19-11-30-82-60(71)72)54(104)92-43(21-13-32-84-62(75)76)56(106)94-45(36-108)49(66)99/h37-45,108H,1-36,64-65H2,(H2,66,99)(H,79,96)(H,86,97)(H,87,98)(H,88,100)(H,89,102)(H,90,101)(H,91,103)(H,92,104)(H,93,105)(H,94,106)(H4,67,68,80)(H4,69,70,81)(H4,71,72,82)(H4,73,74,83)(H4,75,76,84)(H4,77,78,85)/t37-,38-,39-,40-,41-,42-,43-,44-,45-/m0/s1. The number of carbonyl (C=O) groups excluding carboxylic acids is 12. The van der Waals surface area contributed by atoms with Gasteiger partial charge in [0.25, 0.3) is 0 Å². The fourth-order valence-corrected chi connectivity index (χ4v) is 11.0. The van der Waals surface area contributed by atoms with Crippen LogP contribution >= 0.6 is 12.6 Å². The third kappa shape index (κ3) is 44.5. The third-order valence-electron chi connectivity index (χ3n) is 16.4. The molecular weight excluding hydrogens is 1430 g/mol. The largest absolute Gasteiger partial charge is 0.370 e. The van der Waals surface area contributed by atoms with Crippen LogP contribution in [0, 0.1) is 0 Å². The van der Waals surface area contributed by atoms with Crippen molar-refractivity contribution < 1.29 is 57.5 Å². The molecule has 0 aromatic heterocycles. The first-order valence-corrected chi connectivity index (χ1v) is 36.8. The Bertz CT molecular complexity index is 3030. The Balaban J connectivity index is 4.23. The predicted molar refractivity (Wildman–Crippen MR) is 413 cm³/mol. The van der Waals surface area contributed by atoms with E-state index < -0.39 is 132 Å². The highest BCUT2D eigenvalue weighted by molar-refractivity contribution is 7.80. The number of aliphatic imine (C=N–C) groups is 6. The fourth-order valence-electron chi connectivity index (χ4n) is 10.8. The van der Waals surface area contributed by atoms with Crippen molar-refractivity contribution in [3.8, 4) is 0 Å². The van der Waals surface area contributed by atoms with Gasteiger partial charge in [0.1, 0.15) is 54.4 Å². The smallest absolute Gasteiger partial charge is 0.245 e.